The summed E-state index contributed by atoms with van der Waals surface area (Å²) in [4.78, 5) is 28.7. The van der Waals surface area contributed by atoms with E-state index in [1.54, 1.807) is 78.9 Å². The van der Waals surface area contributed by atoms with Crippen LogP contribution in [-0.4, -0.2) is 23.3 Å². The maximum Gasteiger partial charge on any atom is 0.261 e. The van der Waals surface area contributed by atoms with Crippen molar-refractivity contribution < 1.29 is 18.7 Å². The molecular weight excluding hydrogens is 526 g/mol. The average Bonchev–Trinajstić information content (AvgIpc) is 2.93. The first-order chi connectivity index (χ1) is 18.4. The third kappa shape index (κ3) is 7.34. The van der Waals surface area contributed by atoms with Crippen LogP contribution in [0.4, 0.5) is 4.39 Å². The Morgan fingerprint density at radius 2 is 1.53 bits per heavy atom. The van der Waals surface area contributed by atoms with Crippen molar-refractivity contribution in [3.63, 3.8) is 0 Å². The molecule has 5 nitrogen and oxygen atoms in total. The molecule has 0 radical (unpaired) electrons. The molecule has 0 fully saturated rings. The van der Waals surface area contributed by atoms with Crippen molar-refractivity contribution in [3.8, 4) is 5.75 Å². The molecule has 0 aliphatic carbocycles. The van der Waals surface area contributed by atoms with Gasteiger partial charge in [-0.2, -0.15) is 0 Å². The van der Waals surface area contributed by atoms with Gasteiger partial charge in [-0.3, -0.25) is 9.59 Å². The second kappa shape index (κ2) is 13.1. The average molecular weight is 551 g/mol. The summed E-state index contributed by atoms with van der Waals surface area (Å²) in [5.41, 5.74) is 1.95. The van der Waals surface area contributed by atoms with Crippen LogP contribution >= 0.6 is 23.2 Å². The number of amides is 2. The first kappa shape index (κ1) is 27.2. The van der Waals surface area contributed by atoms with Gasteiger partial charge in [0, 0.05) is 23.1 Å². The van der Waals surface area contributed by atoms with Gasteiger partial charge in [-0.15, -0.1) is 0 Å². The van der Waals surface area contributed by atoms with E-state index < -0.39 is 23.7 Å². The topological polar surface area (TPSA) is 58.6 Å². The molecule has 0 aliphatic rings. The van der Waals surface area contributed by atoms with E-state index in [1.807, 2.05) is 12.1 Å². The van der Waals surface area contributed by atoms with E-state index in [0.29, 0.717) is 32.5 Å². The van der Waals surface area contributed by atoms with Crippen LogP contribution in [0.5, 0.6) is 5.75 Å². The molecule has 0 saturated carbocycles. The Morgan fingerprint density at radius 3 is 2.18 bits per heavy atom. The van der Waals surface area contributed by atoms with E-state index in [1.165, 1.54) is 17.0 Å². The lowest BCUT2D eigenvalue weighted by Gasteiger charge is -2.31. The van der Waals surface area contributed by atoms with Gasteiger partial charge in [0.25, 0.3) is 5.91 Å². The maximum atomic E-state index is 13.7. The molecule has 4 rings (SSSR count). The van der Waals surface area contributed by atoms with Crippen LogP contribution in [0.2, 0.25) is 10.0 Å². The molecule has 0 unspecified atom stereocenters. The lowest BCUT2D eigenvalue weighted by Crippen LogP contribution is -2.45. The summed E-state index contributed by atoms with van der Waals surface area (Å²) in [5.74, 6) is -0.680. The number of benzene rings is 4. The van der Waals surface area contributed by atoms with Crippen LogP contribution < -0.4 is 10.1 Å². The number of para-hydroxylation sites is 1. The first-order valence-electron chi connectivity index (χ1n) is 11.9. The Hall–Kier alpha value is -3.87. The van der Waals surface area contributed by atoms with Crippen LogP contribution in [0.25, 0.3) is 0 Å². The number of hydrogen-bond donors (Lipinski definition) is 1. The highest BCUT2D eigenvalue weighted by molar-refractivity contribution is 6.35. The summed E-state index contributed by atoms with van der Waals surface area (Å²) in [6.45, 7) is -0.0892. The smallest absolute Gasteiger partial charge is 0.261 e. The standard InChI is InChI=1S/C30H25Cl2FN2O3/c31-24-14-13-23(27(32)17-24)18-34-30(37)29(22-7-3-1-4-8-22)35(19-21-11-15-25(33)16-12-21)28(36)20-38-26-9-5-2-6-10-26/h1-17,29H,18-20H2,(H,34,37)/t29-/m1/s1. The third-order valence-electron chi connectivity index (χ3n) is 5.84. The molecule has 1 atom stereocenters. The van der Waals surface area contributed by atoms with E-state index in [-0.39, 0.29) is 19.7 Å². The predicted octanol–water partition coefficient (Wildman–Crippen LogP) is 6.60. The minimum absolute atomic E-state index is 0.0615. The fourth-order valence-electron chi connectivity index (χ4n) is 3.91. The van der Waals surface area contributed by atoms with E-state index in [0.717, 1.165) is 0 Å². The number of nitrogens with zero attached hydrogens (tertiary/aromatic N) is 1. The number of hydrogen-bond acceptors (Lipinski definition) is 3. The van der Waals surface area contributed by atoms with Crippen molar-refractivity contribution in [2.24, 2.45) is 0 Å². The number of halogens is 3. The minimum Gasteiger partial charge on any atom is -0.484 e. The molecule has 0 heterocycles. The van der Waals surface area contributed by atoms with Gasteiger partial charge >= 0.3 is 0 Å². The highest BCUT2D eigenvalue weighted by Gasteiger charge is 2.32. The van der Waals surface area contributed by atoms with Crippen LogP contribution in [0, 0.1) is 5.82 Å². The van der Waals surface area contributed by atoms with Crippen LogP contribution in [0.3, 0.4) is 0 Å². The van der Waals surface area contributed by atoms with Gasteiger partial charge in [0.1, 0.15) is 17.6 Å². The third-order valence-corrected chi connectivity index (χ3v) is 6.42. The highest BCUT2D eigenvalue weighted by atomic mass is 35.5. The Labute approximate surface area is 230 Å². The maximum absolute atomic E-state index is 13.7. The van der Waals surface area contributed by atoms with Gasteiger partial charge < -0.3 is 15.0 Å². The van der Waals surface area contributed by atoms with E-state index in [9.17, 15) is 14.0 Å². The molecule has 4 aromatic carbocycles. The molecule has 8 heteroatoms. The minimum atomic E-state index is -0.987. The lowest BCUT2D eigenvalue weighted by atomic mass is 10.0. The SMILES string of the molecule is O=C(NCc1ccc(Cl)cc1Cl)[C@@H](c1ccccc1)N(Cc1ccc(F)cc1)C(=O)COc1ccccc1. The monoisotopic (exact) mass is 550 g/mol. The molecule has 38 heavy (non-hydrogen) atoms. The van der Waals surface area contributed by atoms with Crippen molar-refractivity contribution >= 4 is 35.0 Å². The molecule has 0 saturated heterocycles. The normalized spacial score (nSPS) is 11.4. The lowest BCUT2D eigenvalue weighted by molar-refractivity contribution is -0.143. The second-order valence-electron chi connectivity index (χ2n) is 8.52. The van der Waals surface area contributed by atoms with E-state index in [4.69, 9.17) is 27.9 Å². The van der Waals surface area contributed by atoms with Crippen molar-refractivity contribution in [3.05, 3.63) is 136 Å². The summed E-state index contributed by atoms with van der Waals surface area (Å²) in [7, 11) is 0. The van der Waals surface area contributed by atoms with Gasteiger partial charge in [0.2, 0.25) is 5.91 Å². The molecule has 0 aliphatic heterocycles. The second-order valence-corrected chi connectivity index (χ2v) is 9.36. The predicted molar refractivity (Wildman–Crippen MR) is 146 cm³/mol. The first-order valence-corrected chi connectivity index (χ1v) is 12.6. The summed E-state index contributed by atoms with van der Waals surface area (Å²) in [5, 5.41) is 3.81. The zero-order valence-electron chi connectivity index (χ0n) is 20.3. The number of carbonyl (C=O) groups is 2. The van der Waals surface area contributed by atoms with Gasteiger partial charge in [-0.05, 0) is 53.1 Å². The Kier molecular flexibility index (Phi) is 9.35. The van der Waals surface area contributed by atoms with Crippen LogP contribution in [0.1, 0.15) is 22.7 Å². The van der Waals surface area contributed by atoms with Crippen molar-refractivity contribution in [1.82, 2.24) is 10.2 Å². The molecule has 1 N–H and O–H groups in total. The van der Waals surface area contributed by atoms with Crippen molar-refractivity contribution in [2.75, 3.05) is 6.61 Å². The van der Waals surface area contributed by atoms with E-state index >= 15 is 0 Å². The Balaban J connectivity index is 1.63. The molecule has 0 spiro atoms. The van der Waals surface area contributed by atoms with Crippen molar-refractivity contribution in [1.29, 1.82) is 0 Å². The summed E-state index contributed by atoms with van der Waals surface area (Å²) < 4.78 is 19.3. The number of nitrogens with one attached hydrogen (secondary N) is 1. The molecular formula is C30H25Cl2FN2O3. The summed E-state index contributed by atoms with van der Waals surface area (Å²) in [6, 6.07) is 27.8. The zero-order valence-corrected chi connectivity index (χ0v) is 21.8. The summed E-state index contributed by atoms with van der Waals surface area (Å²) in [6.07, 6.45) is 0. The number of carbonyl (C=O) groups excluding carboxylic acids is 2. The fraction of sp³-hybridized carbons (Fsp3) is 0.133. The van der Waals surface area contributed by atoms with Crippen molar-refractivity contribution in [2.45, 2.75) is 19.1 Å². The molecule has 0 aromatic heterocycles. The number of rotatable bonds is 10. The van der Waals surface area contributed by atoms with Gasteiger partial charge in [-0.1, -0.05) is 89.9 Å². The van der Waals surface area contributed by atoms with Gasteiger partial charge in [0.15, 0.2) is 6.61 Å². The number of ether oxygens (including phenoxy) is 1. The van der Waals surface area contributed by atoms with E-state index in [2.05, 4.69) is 5.32 Å². The Bertz CT molecular complexity index is 1370. The van der Waals surface area contributed by atoms with Gasteiger partial charge in [-0.25, -0.2) is 4.39 Å². The molecule has 2 amide bonds. The fourth-order valence-corrected chi connectivity index (χ4v) is 4.38. The quantitative estimate of drug-likeness (QED) is 0.242. The largest absolute Gasteiger partial charge is 0.484 e. The molecule has 4 aromatic rings. The Morgan fingerprint density at radius 1 is 0.868 bits per heavy atom. The van der Waals surface area contributed by atoms with Crippen LogP contribution in [-0.2, 0) is 22.7 Å². The zero-order chi connectivity index (χ0) is 26.9. The molecule has 0 bridgehead atoms. The van der Waals surface area contributed by atoms with Gasteiger partial charge in [0.05, 0.1) is 0 Å². The van der Waals surface area contributed by atoms with Crippen LogP contribution in [0.15, 0.2) is 103 Å². The highest BCUT2D eigenvalue weighted by Crippen LogP contribution is 2.26. The molecule has 194 valence electrons. The summed E-state index contributed by atoms with van der Waals surface area (Å²) >= 11 is 12.3.